The maximum atomic E-state index is 12.5. The summed E-state index contributed by atoms with van der Waals surface area (Å²) in [5.74, 6) is 0.295. The molecule has 1 heterocycles. The molecule has 1 unspecified atom stereocenters. The van der Waals surface area contributed by atoms with Crippen molar-refractivity contribution in [3.05, 3.63) is 0 Å². The predicted molar refractivity (Wildman–Crippen MR) is 89.5 cm³/mol. The molecule has 21 heavy (non-hydrogen) atoms. The van der Waals surface area contributed by atoms with Crippen molar-refractivity contribution in [3.8, 4) is 0 Å². The smallest absolute Gasteiger partial charge is 0.236 e. The van der Waals surface area contributed by atoms with Crippen molar-refractivity contribution < 1.29 is 4.79 Å². The van der Waals surface area contributed by atoms with Gasteiger partial charge in [0.15, 0.2) is 0 Å². The molecule has 0 saturated carbocycles. The number of carbonyl (C=O) groups is 1. The van der Waals surface area contributed by atoms with Crippen LogP contribution >= 0.6 is 0 Å². The molecular formula is C17H35N3O. The first-order valence-electron chi connectivity index (χ1n) is 8.83. The van der Waals surface area contributed by atoms with Gasteiger partial charge >= 0.3 is 0 Å². The molecule has 0 aromatic rings. The number of hydrogen-bond acceptors (Lipinski definition) is 3. The van der Waals surface area contributed by atoms with Crippen LogP contribution in [0.2, 0.25) is 0 Å². The number of amides is 1. The third-order valence-electron chi connectivity index (χ3n) is 4.28. The fraction of sp³-hybridized carbons (Fsp3) is 0.941. The van der Waals surface area contributed by atoms with E-state index in [0.29, 0.717) is 24.5 Å². The average Bonchev–Trinajstić information content (AvgIpc) is 2.47. The Bertz CT molecular complexity index is 282. The number of nitrogens with one attached hydrogen (secondary N) is 1. The third kappa shape index (κ3) is 6.79. The Kier molecular flexibility index (Phi) is 8.93. The molecule has 0 aliphatic carbocycles. The lowest BCUT2D eigenvalue weighted by atomic mass is 10.0. The summed E-state index contributed by atoms with van der Waals surface area (Å²) in [6.45, 7) is 13.1. The minimum atomic E-state index is 0.295. The molecule has 1 rings (SSSR count). The highest BCUT2D eigenvalue weighted by atomic mass is 16.2. The highest BCUT2D eigenvalue weighted by Crippen LogP contribution is 2.11. The molecule has 1 fully saturated rings. The van der Waals surface area contributed by atoms with Crippen molar-refractivity contribution in [2.75, 3.05) is 32.7 Å². The van der Waals surface area contributed by atoms with E-state index in [9.17, 15) is 4.79 Å². The molecular weight excluding hydrogens is 262 g/mol. The minimum Gasteiger partial charge on any atom is -0.342 e. The molecule has 4 heteroatoms. The van der Waals surface area contributed by atoms with Gasteiger partial charge in [0, 0.05) is 31.7 Å². The topological polar surface area (TPSA) is 35.6 Å². The summed E-state index contributed by atoms with van der Waals surface area (Å²) in [7, 11) is 0. The summed E-state index contributed by atoms with van der Waals surface area (Å²) >= 11 is 0. The zero-order chi connectivity index (χ0) is 15.7. The van der Waals surface area contributed by atoms with Crippen LogP contribution < -0.4 is 5.32 Å². The normalized spacial score (nSPS) is 19.2. The lowest BCUT2D eigenvalue weighted by Crippen LogP contribution is -2.49. The number of hydrogen-bond donors (Lipinski definition) is 1. The van der Waals surface area contributed by atoms with E-state index in [-0.39, 0.29) is 0 Å². The molecule has 1 N–H and O–H groups in total. The minimum absolute atomic E-state index is 0.295. The van der Waals surface area contributed by atoms with Crippen LogP contribution in [0.3, 0.4) is 0 Å². The van der Waals surface area contributed by atoms with Crippen LogP contribution in [0.5, 0.6) is 0 Å². The Morgan fingerprint density at radius 1 is 1.19 bits per heavy atom. The summed E-state index contributed by atoms with van der Waals surface area (Å²) in [6.07, 6.45) is 5.92. The summed E-state index contributed by atoms with van der Waals surface area (Å²) in [5, 5.41) is 3.59. The number of carbonyl (C=O) groups excluding carboxylic acids is 1. The summed E-state index contributed by atoms with van der Waals surface area (Å²) in [4.78, 5) is 16.9. The SMILES string of the molecule is CCCN(CCC)C(=O)CN(CC1CCCCN1)C(C)C. The van der Waals surface area contributed by atoms with Gasteiger partial charge in [0.25, 0.3) is 0 Å². The Labute approximate surface area is 131 Å². The second kappa shape index (κ2) is 10.2. The molecule has 0 bridgehead atoms. The van der Waals surface area contributed by atoms with Crippen molar-refractivity contribution in [2.45, 2.75) is 71.9 Å². The Morgan fingerprint density at radius 3 is 2.33 bits per heavy atom. The van der Waals surface area contributed by atoms with E-state index in [2.05, 4.69) is 37.9 Å². The third-order valence-corrected chi connectivity index (χ3v) is 4.28. The van der Waals surface area contributed by atoms with Crippen LogP contribution in [0.15, 0.2) is 0 Å². The van der Waals surface area contributed by atoms with Gasteiger partial charge in [0.1, 0.15) is 0 Å². The standard InChI is InChI=1S/C17H35N3O/c1-5-11-19(12-6-2)17(21)14-20(15(3)4)13-16-9-7-8-10-18-16/h15-16,18H,5-14H2,1-4H3. The Balaban J connectivity index is 2.52. The van der Waals surface area contributed by atoms with E-state index in [1.807, 2.05) is 4.90 Å². The van der Waals surface area contributed by atoms with E-state index in [1.165, 1.54) is 19.3 Å². The molecule has 124 valence electrons. The summed E-state index contributed by atoms with van der Waals surface area (Å²) in [6, 6.07) is 0.975. The van der Waals surface area contributed by atoms with Crippen molar-refractivity contribution >= 4 is 5.91 Å². The summed E-state index contributed by atoms with van der Waals surface area (Å²) in [5.41, 5.74) is 0. The van der Waals surface area contributed by atoms with E-state index in [0.717, 1.165) is 39.0 Å². The van der Waals surface area contributed by atoms with Crippen molar-refractivity contribution in [1.82, 2.24) is 15.1 Å². The molecule has 0 aromatic heterocycles. The van der Waals surface area contributed by atoms with Crippen LogP contribution in [0, 0.1) is 0 Å². The largest absolute Gasteiger partial charge is 0.342 e. The molecule has 1 atom stereocenters. The van der Waals surface area contributed by atoms with Gasteiger partial charge in [-0.05, 0) is 46.1 Å². The highest BCUT2D eigenvalue weighted by Gasteiger charge is 2.22. The van der Waals surface area contributed by atoms with Gasteiger partial charge in [-0.3, -0.25) is 9.69 Å². The number of rotatable bonds is 9. The average molecular weight is 297 g/mol. The van der Waals surface area contributed by atoms with Crippen LogP contribution in [0.4, 0.5) is 0 Å². The quantitative estimate of drug-likeness (QED) is 0.710. The lowest BCUT2D eigenvalue weighted by Gasteiger charge is -2.34. The molecule has 1 aliphatic rings. The van der Waals surface area contributed by atoms with Gasteiger partial charge in [0.05, 0.1) is 6.54 Å². The maximum absolute atomic E-state index is 12.5. The fourth-order valence-electron chi connectivity index (χ4n) is 3.00. The van der Waals surface area contributed by atoms with Crippen molar-refractivity contribution in [2.24, 2.45) is 0 Å². The van der Waals surface area contributed by atoms with Crippen LogP contribution in [0.1, 0.15) is 59.8 Å². The van der Waals surface area contributed by atoms with E-state index in [1.54, 1.807) is 0 Å². The molecule has 0 aromatic carbocycles. The molecule has 1 saturated heterocycles. The molecule has 1 amide bonds. The Morgan fingerprint density at radius 2 is 1.86 bits per heavy atom. The first kappa shape index (κ1) is 18.4. The maximum Gasteiger partial charge on any atom is 0.236 e. The first-order chi connectivity index (χ1) is 10.1. The van der Waals surface area contributed by atoms with Gasteiger partial charge in [-0.1, -0.05) is 20.3 Å². The fourth-order valence-corrected chi connectivity index (χ4v) is 3.00. The van der Waals surface area contributed by atoms with Crippen LogP contribution in [-0.4, -0.2) is 60.5 Å². The van der Waals surface area contributed by atoms with Gasteiger partial charge in [0.2, 0.25) is 5.91 Å². The lowest BCUT2D eigenvalue weighted by molar-refractivity contribution is -0.133. The number of nitrogens with zero attached hydrogens (tertiary/aromatic N) is 2. The zero-order valence-electron chi connectivity index (χ0n) is 14.5. The van der Waals surface area contributed by atoms with Crippen molar-refractivity contribution in [3.63, 3.8) is 0 Å². The molecule has 1 aliphatic heterocycles. The molecule has 0 radical (unpaired) electrons. The van der Waals surface area contributed by atoms with Gasteiger partial charge in [-0.15, -0.1) is 0 Å². The second-order valence-electron chi connectivity index (χ2n) is 6.55. The van der Waals surface area contributed by atoms with Crippen LogP contribution in [0.25, 0.3) is 0 Å². The van der Waals surface area contributed by atoms with E-state index < -0.39 is 0 Å². The van der Waals surface area contributed by atoms with Gasteiger partial charge in [-0.2, -0.15) is 0 Å². The number of piperidine rings is 1. The van der Waals surface area contributed by atoms with Crippen molar-refractivity contribution in [1.29, 1.82) is 0 Å². The summed E-state index contributed by atoms with van der Waals surface area (Å²) < 4.78 is 0. The first-order valence-corrected chi connectivity index (χ1v) is 8.83. The van der Waals surface area contributed by atoms with Crippen LogP contribution in [-0.2, 0) is 4.79 Å². The predicted octanol–water partition coefficient (Wildman–Crippen LogP) is 2.49. The second-order valence-corrected chi connectivity index (χ2v) is 6.55. The Hall–Kier alpha value is -0.610. The highest BCUT2D eigenvalue weighted by molar-refractivity contribution is 5.78. The zero-order valence-corrected chi connectivity index (χ0v) is 14.5. The molecule has 0 spiro atoms. The van der Waals surface area contributed by atoms with E-state index >= 15 is 0 Å². The monoisotopic (exact) mass is 297 g/mol. The van der Waals surface area contributed by atoms with Gasteiger partial charge in [-0.25, -0.2) is 0 Å². The molecule has 4 nitrogen and oxygen atoms in total. The van der Waals surface area contributed by atoms with Gasteiger partial charge < -0.3 is 10.2 Å². The van der Waals surface area contributed by atoms with E-state index in [4.69, 9.17) is 0 Å².